The summed E-state index contributed by atoms with van der Waals surface area (Å²) >= 11 is 5.67. The molecule has 1 saturated heterocycles. The number of carbonyl (C=O) groups is 1. The van der Waals surface area contributed by atoms with Crippen molar-refractivity contribution in [3.8, 4) is 0 Å². The van der Waals surface area contributed by atoms with E-state index in [-0.39, 0.29) is 5.91 Å². The van der Waals surface area contributed by atoms with Gasteiger partial charge in [-0.05, 0) is 31.9 Å². The number of halogens is 1. The van der Waals surface area contributed by atoms with Gasteiger partial charge in [-0.15, -0.1) is 11.6 Å². The molecule has 92 valence electrons. The first kappa shape index (κ1) is 12.2. The van der Waals surface area contributed by atoms with Crippen LogP contribution in [-0.4, -0.2) is 29.4 Å². The van der Waals surface area contributed by atoms with Gasteiger partial charge in [0.15, 0.2) is 0 Å². The Morgan fingerprint density at radius 2 is 2.18 bits per heavy atom. The van der Waals surface area contributed by atoms with Gasteiger partial charge in [0.1, 0.15) is 11.2 Å². The molecule has 4 nitrogen and oxygen atoms in total. The molecule has 0 spiro atoms. The lowest BCUT2D eigenvalue weighted by molar-refractivity contribution is -0.115. The summed E-state index contributed by atoms with van der Waals surface area (Å²) in [6, 6.07) is 3.79. The number of pyridine rings is 1. The van der Waals surface area contributed by atoms with Crippen molar-refractivity contribution in [2.45, 2.75) is 25.1 Å². The topological polar surface area (TPSA) is 45.2 Å². The van der Waals surface area contributed by atoms with E-state index in [0.717, 1.165) is 18.9 Å². The van der Waals surface area contributed by atoms with Crippen molar-refractivity contribution >= 4 is 29.0 Å². The van der Waals surface area contributed by atoms with E-state index in [1.54, 1.807) is 13.1 Å². The maximum atomic E-state index is 11.4. The molecule has 1 fully saturated rings. The van der Waals surface area contributed by atoms with E-state index >= 15 is 0 Å². The number of hydrogen-bond donors (Lipinski definition) is 1. The fourth-order valence-electron chi connectivity index (χ4n) is 1.83. The van der Waals surface area contributed by atoms with Crippen LogP contribution in [0.4, 0.5) is 11.5 Å². The first-order valence-corrected chi connectivity index (χ1v) is 6.26. The van der Waals surface area contributed by atoms with Crippen molar-refractivity contribution in [3.63, 3.8) is 0 Å². The largest absolute Gasteiger partial charge is 0.357 e. The van der Waals surface area contributed by atoms with Crippen LogP contribution in [0.15, 0.2) is 18.3 Å². The van der Waals surface area contributed by atoms with Crippen LogP contribution in [-0.2, 0) is 4.79 Å². The number of aromatic nitrogens is 1. The summed E-state index contributed by atoms with van der Waals surface area (Å²) in [5, 5.41) is 2.17. The van der Waals surface area contributed by atoms with E-state index < -0.39 is 5.38 Å². The standard InChI is InChI=1S/C12H16ClN3O/c1-9(13)12(17)15-10-4-5-11(14-8-10)16-6-2-3-7-16/h4-5,8-9H,2-3,6-7H2,1H3,(H,15,17). The van der Waals surface area contributed by atoms with Crippen molar-refractivity contribution in [2.24, 2.45) is 0 Å². The molecule has 2 heterocycles. The minimum absolute atomic E-state index is 0.206. The molecular weight excluding hydrogens is 238 g/mol. The van der Waals surface area contributed by atoms with Gasteiger partial charge in [0.05, 0.1) is 11.9 Å². The number of amides is 1. The molecule has 2 rings (SSSR count). The molecule has 0 aliphatic carbocycles. The van der Waals surface area contributed by atoms with Crippen molar-refractivity contribution in [1.29, 1.82) is 0 Å². The lowest BCUT2D eigenvalue weighted by Gasteiger charge is -2.16. The molecule has 0 bridgehead atoms. The molecule has 0 aromatic carbocycles. The fraction of sp³-hybridized carbons (Fsp3) is 0.500. The highest BCUT2D eigenvalue weighted by Crippen LogP contribution is 2.19. The van der Waals surface area contributed by atoms with Gasteiger partial charge in [-0.25, -0.2) is 4.98 Å². The molecule has 1 amide bonds. The predicted molar refractivity (Wildman–Crippen MR) is 69.6 cm³/mol. The monoisotopic (exact) mass is 253 g/mol. The Hall–Kier alpha value is -1.29. The Labute approximate surface area is 106 Å². The van der Waals surface area contributed by atoms with Crippen LogP contribution >= 0.6 is 11.6 Å². The third-order valence-electron chi connectivity index (χ3n) is 2.81. The third kappa shape index (κ3) is 3.09. The van der Waals surface area contributed by atoms with E-state index in [0.29, 0.717) is 5.69 Å². The summed E-state index contributed by atoms with van der Waals surface area (Å²) in [7, 11) is 0. The second-order valence-electron chi connectivity index (χ2n) is 4.20. The Morgan fingerprint density at radius 1 is 1.47 bits per heavy atom. The Kier molecular flexibility index (Phi) is 3.84. The maximum absolute atomic E-state index is 11.4. The van der Waals surface area contributed by atoms with Crippen molar-refractivity contribution < 1.29 is 4.79 Å². The highest BCUT2D eigenvalue weighted by atomic mass is 35.5. The summed E-state index contributed by atoms with van der Waals surface area (Å²) in [5.74, 6) is 0.766. The normalized spacial score (nSPS) is 16.9. The first-order chi connectivity index (χ1) is 8.16. The zero-order valence-electron chi connectivity index (χ0n) is 9.82. The van der Waals surface area contributed by atoms with Crippen molar-refractivity contribution in [1.82, 2.24) is 4.98 Å². The third-order valence-corrected chi connectivity index (χ3v) is 3.00. The second kappa shape index (κ2) is 5.36. The Bertz CT molecular complexity index is 385. The molecule has 1 aliphatic rings. The van der Waals surface area contributed by atoms with Crippen LogP contribution in [0.5, 0.6) is 0 Å². The number of carbonyl (C=O) groups excluding carboxylic acids is 1. The lowest BCUT2D eigenvalue weighted by Crippen LogP contribution is -2.21. The molecule has 1 N–H and O–H groups in total. The van der Waals surface area contributed by atoms with E-state index in [1.165, 1.54) is 12.8 Å². The number of rotatable bonds is 3. The van der Waals surface area contributed by atoms with Crippen molar-refractivity contribution in [2.75, 3.05) is 23.3 Å². The average Bonchev–Trinajstić information content (AvgIpc) is 2.83. The summed E-state index contributed by atoms with van der Waals surface area (Å²) in [6.45, 7) is 3.78. The first-order valence-electron chi connectivity index (χ1n) is 5.83. The average molecular weight is 254 g/mol. The highest BCUT2D eigenvalue weighted by Gasteiger charge is 2.14. The molecule has 1 unspecified atom stereocenters. The number of hydrogen-bond acceptors (Lipinski definition) is 3. The minimum atomic E-state index is -0.534. The molecular formula is C12H16ClN3O. The van der Waals surface area contributed by atoms with Gasteiger partial charge in [-0.2, -0.15) is 0 Å². The minimum Gasteiger partial charge on any atom is -0.357 e. The van der Waals surface area contributed by atoms with Gasteiger partial charge in [0.2, 0.25) is 5.91 Å². The van der Waals surface area contributed by atoms with Gasteiger partial charge >= 0.3 is 0 Å². The molecule has 1 atom stereocenters. The molecule has 17 heavy (non-hydrogen) atoms. The van der Waals surface area contributed by atoms with Crippen LogP contribution in [0.25, 0.3) is 0 Å². The van der Waals surface area contributed by atoms with E-state index in [9.17, 15) is 4.79 Å². The van der Waals surface area contributed by atoms with Crippen LogP contribution in [0.2, 0.25) is 0 Å². The van der Waals surface area contributed by atoms with Crippen LogP contribution in [0, 0.1) is 0 Å². The molecule has 0 radical (unpaired) electrons. The number of anilines is 2. The van der Waals surface area contributed by atoms with Crippen LogP contribution in [0.1, 0.15) is 19.8 Å². The quantitative estimate of drug-likeness (QED) is 0.841. The van der Waals surface area contributed by atoms with Gasteiger partial charge < -0.3 is 10.2 Å². The van der Waals surface area contributed by atoms with Gasteiger partial charge in [-0.3, -0.25) is 4.79 Å². The Balaban J connectivity index is 2.00. The van der Waals surface area contributed by atoms with Gasteiger partial charge in [0, 0.05) is 13.1 Å². The predicted octanol–water partition coefficient (Wildman–Crippen LogP) is 2.25. The second-order valence-corrected chi connectivity index (χ2v) is 4.86. The smallest absolute Gasteiger partial charge is 0.242 e. The molecule has 0 saturated carbocycles. The SMILES string of the molecule is CC(Cl)C(=O)Nc1ccc(N2CCCC2)nc1. The van der Waals surface area contributed by atoms with Gasteiger partial charge in [-0.1, -0.05) is 0 Å². The fourth-order valence-corrected chi connectivity index (χ4v) is 1.89. The van der Waals surface area contributed by atoms with Crippen LogP contribution in [0.3, 0.4) is 0 Å². The van der Waals surface area contributed by atoms with E-state index in [4.69, 9.17) is 11.6 Å². The summed E-state index contributed by atoms with van der Waals surface area (Å²) in [4.78, 5) is 18.0. The van der Waals surface area contributed by atoms with E-state index in [1.807, 2.05) is 12.1 Å². The maximum Gasteiger partial charge on any atom is 0.242 e. The summed E-state index contributed by atoms with van der Waals surface area (Å²) in [5.41, 5.74) is 0.686. The number of nitrogens with zero attached hydrogens (tertiary/aromatic N) is 2. The summed E-state index contributed by atoms with van der Waals surface area (Å²) in [6.07, 6.45) is 4.12. The molecule has 1 aromatic heterocycles. The van der Waals surface area contributed by atoms with E-state index in [2.05, 4.69) is 15.2 Å². The highest BCUT2D eigenvalue weighted by molar-refractivity contribution is 6.32. The summed E-state index contributed by atoms with van der Waals surface area (Å²) < 4.78 is 0. The molecule has 1 aliphatic heterocycles. The van der Waals surface area contributed by atoms with Crippen LogP contribution < -0.4 is 10.2 Å². The zero-order chi connectivity index (χ0) is 12.3. The Morgan fingerprint density at radius 3 is 2.71 bits per heavy atom. The lowest BCUT2D eigenvalue weighted by atomic mass is 10.3. The number of nitrogens with one attached hydrogen (secondary N) is 1. The molecule has 5 heteroatoms. The van der Waals surface area contributed by atoms with Crippen molar-refractivity contribution in [3.05, 3.63) is 18.3 Å². The molecule has 1 aromatic rings. The zero-order valence-corrected chi connectivity index (χ0v) is 10.6. The number of alkyl halides is 1. The van der Waals surface area contributed by atoms with Gasteiger partial charge in [0.25, 0.3) is 0 Å².